The van der Waals surface area contributed by atoms with Crippen molar-refractivity contribution in [3.8, 4) is 5.75 Å². The zero-order valence-corrected chi connectivity index (χ0v) is 17.4. The molecule has 1 aliphatic rings. The quantitative estimate of drug-likeness (QED) is 0.423. The van der Waals surface area contributed by atoms with Crippen molar-refractivity contribution in [2.45, 2.75) is 40.0 Å². The lowest BCUT2D eigenvalue weighted by Gasteiger charge is -2.34. The van der Waals surface area contributed by atoms with Crippen molar-refractivity contribution in [2.75, 3.05) is 19.7 Å². The number of urea groups is 1. The van der Waals surface area contributed by atoms with Gasteiger partial charge in [0.05, 0.1) is 12.8 Å². The number of rotatable bonds is 6. The molecule has 0 aliphatic carbocycles. The summed E-state index contributed by atoms with van der Waals surface area (Å²) in [5, 5.41) is 0. The number of amidine groups is 1. The highest BCUT2D eigenvalue weighted by Gasteiger charge is 2.26. The molecule has 1 atom stereocenters. The van der Waals surface area contributed by atoms with Gasteiger partial charge in [-0.05, 0) is 59.2 Å². The zero-order chi connectivity index (χ0) is 19.1. The first-order chi connectivity index (χ1) is 12.4. The maximum Gasteiger partial charge on any atom is 0.345 e. The molecule has 1 aromatic rings. The first-order valence-electron chi connectivity index (χ1n) is 9.24. The lowest BCUT2D eigenvalue weighted by molar-refractivity contribution is 0.149. The molecule has 2 heterocycles. The molecule has 1 fully saturated rings. The number of aromatic nitrogens is 1. The summed E-state index contributed by atoms with van der Waals surface area (Å²) in [6.45, 7) is 8.32. The average molecular weight is 425 g/mol. The lowest BCUT2D eigenvalue weighted by atomic mass is 9.84. The van der Waals surface area contributed by atoms with Gasteiger partial charge in [0.25, 0.3) is 0 Å². The van der Waals surface area contributed by atoms with Crippen molar-refractivity contribution in [1.29, 1.82) is 0 Å². The molecule has 0 saturated carbocycles. The smallest absolute Gasteiger partial charge is 0.345 e. The van der Waals surface area contributed by atoms with Gasteiger partial charge in [-0.15, -0.1) is 0 Å². The maximum absolute atomic E-state index is 12.2. The van der Waals surface area contributed by atoms with Crippen LogP contribution in [0.5, 0.6) is 5.75 Å². The molecule has 1 aliphatic heterocycles. The van der Waals surface area contributed by atoms with Crippen LogP contribution in [0.25, 0.3) is 0 Å². The highest BCUT2D eigenvalue weighted by molar-refractivity contribution is 9.10. The van der Waals surface area contributed by atoms with Gasteiger partial charge in [0.15, 0.2) is 0 Å². The van der Waals surface area contributed by atoms with Crippen molar-refractivity contribution in [1.82, 2.24) is 9.88 Å². The molecule has 7 heteroatoms. The van der Waals surface area contributed by atoms with Crippen molar-refractivity contribution >= 4 is 27.8 Å². The number of halogens is 1. The summed E-state index contributed by atoms with van der Waals surface area (Å²) in [5.41, 5.74) is 5.79. The van der Waals surface area contributed by atoms with E-state index in [0.29, 0.717) is 24.3 Å². The third-order valence-corrected chi connectivity index (χ3v) is 5.44. The molecule has 1 aromatic heterocycles. The molecular formula is C19H29BrN4O2. The Morgan fingerprint density at radius 3 is 2.65 bits per heavy atom. The highest BCUT2D eigenvalue weighted by Crippen LogP contribution is 2.27. The van der Waals surface area contributed by atoms with E-state index >= 15 is 0 Å². The molecule has 6 nitrogen and oxygen atoms in total. The van der Waals surface area contributed by atoms with Gasteiger partial charge in [0, 0.05) is 19.0 Å². The summed E-state index contributed by atoms with van der Waals surface area (Å²) in [7, 11) is 0. The Bertz CT molecular complexity index is 610. The average Bonchev–Trinajstić information content (AvgIpc) is 2.63. The Morgan fingerprint density at radius 2 is 2.08 bits per heavy atom. The minimum atomic E-state index is -0.201. The van der Waals surface area contributed by atoms with Crippen molar-refractivity contribution in [3.05, 3.63) is 22.9 Å². The van der Waals surface area contributed by atoms with Gasteiger partial charge in [-0.25, -0.2) is 9.78 Å². The van der Waals surface area contributed by atoms with E-state index in [2.05, 4.69) is 32.8 Å². The number of aliphatic imine (C=N–C) groups is 1. The van der Waals surface area contributed by atoms with Crippen LogP contribution >= 0.6 is 15.9 Å². The second-order valence-electron chi connectivity index (χ2n) is 7.23. The first-order valence-corrected chi connectivity index (χ1v) is 10.0. The third-order valence-electron chi connectivity index (χ3n) is 4.97. The van der Waals surface area contributed by atoms with Crippen molar-refractivity contribution < 1.29 is 9.53 Å². The topological polar surface area (TPSA) is 80.8 Å². The van der Waals surface area contributed by atoms with E-state index < -0.39 is 0 Å². The number of ether oxygens (including phenoxy) is 1. The van der Waals surface area contributed by atoms with Gasteiger partial charge in [0.1, 0.15) is 16.2 Å². The largest absolute Gasteiger partial charge is 0.492 e. The normalized spacial score (nSPS) is 17.4. The predicted octanol–water partition coefficient (Wildman–Crippen LogP) is 4.09. The van der Waals surface area contributed by atoms with Crippen LogP contribution in [0, 0.1) is 17.8 Å². The zero-order valence-electron chi connectivity index (χ0n) is 15.8. The van der Waals surface area contributed by atoms with Crippen LogP contribution in [0.15, 0.2) is 27.9 Å². The van der Waals surface area contributed by atoms with E-state index in [1.807, 2.05) is 30.9 Å². The van der Waals surface area contributed by atoms with E-state index in [4.69, 9.17) is 10.5 Å². The summed E-state index contributed by atoms with van der Waals surface area (Å²) in [6.07, 6.45) is 4.73. The third kappa shape index (κ3) is 6.27. The first kappa shape index (κ1) is 20.7. The van der Waals surface area contributed by atoms with Crippen molar-refractivity contribution in [2.24, 2.45) is 28.5 Å². The summed E-state index contributed by atoms with van der Waals surface area (Å²) in [5.74, 6) is 2.46. The van der Waals surface area contributed by atoms with Crippen LogP contribution in [0.3, 0.4) is 0 Å². The number of piperidine rings is 1. The Labute approximate surface area is 164 Å². The number of carbonyl (C=O) groups is 1. The Kier molecular flexibility index (Phi) is 7.87. The number of pyridine rings is 1. The van der Waals surface area contributed by atoms with E-state index in [0.717, 1.165) is 42.7 Å². The molecule has 26 heavy (non-hydrogen) atoms. The molecule has 0 spiro atoms. The summed E-state index contributed by atoms with van der Waals surface area (Å²) >= 11 is 3.31. The van der Waals surface area contributed by atoms with E-state index in [9.17, 15) is 4.79 Å². The number of hydrogen-bond donors (Lipinski definition) is 1. The number of hydrogen-bond acceptors (Lipinski definition) is 3. The fourth-order valence-electron chi connectivity index (χ4n) is 3.02. The van der Waals surface area contributed by atoms with E-state index in [1.54, 1.807) is 6.20 Å². The molecule has 2 N–H and O–H groups in total. The SMILES string of the molecule is CC(C)C(N)=NC(=O)N1CCC(C(C)CCOc2ccc(Br)nc2)CC1. The van der Waals surface area contributed by atoms with Gasteiger partial charge in [-0.1, -0.05) is 20.8 Å². The predicted molar refractivity (Wildman–Crippen MR) is 107 cm³/mol. The number of amides is 2. The van der Waals surface area contributed by atoms with E-state index in [1.165, 1.54) is 0 Å². The molecule has 0 bridgehead atoms. The second-order valence-corrected chi connectivity index (χ2v) is 8.04. The fraction of sp³-hybridized carbons (Fsp3) is 0.632. The monoisotopic (exact) mass is 424 g/mol. The number of carbonyl (C=O) groups excluding carboxylic acids is 1. The van der Waals surface area contributed by atoms with Gasteiger partial charge in [-0.2, -0.15) is 4.99 Å². The maximum atomic E-state index is 12.2. The molecular weight excluding hydrogens is 396 g/mol. The van der Waals surface area contributed by atoms with Crippen LogP contribution in [-0.4, -0.2) is 41.4 Å². The summed E-state index contributed by atoms with van der Waals surface area (Å²) in [4.78, 5) is 22.1. The molecule has 0 aromatic carbocycles. The molecule has 0 radical (unpaired) electrons. The minimum absolute atomic E-state index is 0.0948. The molecule has 1 saturated heterocycles. The van der Waals surface area contributed by atoms with Gasteiger partial charge < -0.3 is 15.4 Å². The molecule has 144 valence electrons. The van der Waals surface area contributed by atoms with Crippen LogP contribution < -0.4 is 10.5 Å². The number of likely N-dealkylation sites (tertiary alicyclic amines) is 1. The van der Waals surface area contributed by atoms with E-state index in [-0.39, 0.29) is 11.9 Å². The van der Waals surface area contributed by atoms with Crippen LogP contribution in [0.4, 0.5) is 4.79 Å². The van der Waals surface area contributed by atoms with Crippen molar-refractivity contribution in [3.63, 3.8) is 0 Å². The number of nitrogens with zero attached hydrogens (tertiary/aromatic N) is 3. The number of nitrogens with two attached hydrogens (primary N) is 1. The standard InChI is InChI=1S/C19H29BrN4O2/c1-13(2)18(21)23-19(25)24-9-6-15(7-10-24)14(3)8-11-26-16-4-5-17(20)22-12-16/h4-5,12-15H,6-11H2,1-3H3,(H2,21,23,25). The molecule has 2 amide bonds. The van der Waals surface area contributed by atoms with Gasteiger partial charge in [0.2, 0.25) is 0 Å². The van der Waals surface area contributed by atoms with Gasteiger partial charge in [-0.3, -0.25) is 0 Å². The summed E-state index contributed by atoms with van der Waals surface area (Å²) in [6, 6.07) is 3.59. The van der Waals surface area contributed by atoms with Crippen LogP contribution in [0.1, 0.15) is 40.0 Å². The molecule has 1 unspecified atom stereocenters. The Balaban J connectivity index is 1.72. The second kappa shape index (κ2) is 9.90. The highest BCUT2D eigenvalue weighted by atomic mass is 79.9. The fourth-order valence-corrected chi connectivity index (χ4v) is 3.25. The van der Waals surface area contributed by atoms with Crippen LogP contribution in [-0.2, 0) is 0 Å². The Hall–Kier alpha value is -1.63. The summed E-state index contributed by atoms with van der Waals surface area (Å²) < 4.78 is 6.57. The lowest BCUT2D eigenvalue weighted by Crippen LogP contribution is -2.39. The minimum Gasteiger partial charge on any atom is -0.492 e. The van der Waals surface area contributed by atoms with Crippen LogP contribution in [0.2, 0.25) is 0 Å². The molecule has 2 rings (SSSR count). The van der Waals surface area contributed by atoms with Gasteiger partial charge >= 0.3 is 6.03 Å². The Morgan fingerprint density at radius 1 is 1.38 bits per heavy atom.